The molecule has 0 unspecified atom stereocenters. The number of nitrogens with zero attached hydrogens (tertiary/aromatic N) is 3. The van der Waals surface area contributed by atoms with Crippen LogP contribution in [0.2, 0.25) is 0 Å². The Kier molecular flexibility index (Phi) is 5.66. The number of thioether (sulfide) groups is 1. The summed E-state index contributed by atoms with van der Waals surface area (Å²) >= 11 is 1.72. The van der Waals surface area contributed by atoms with E-state index in [0.717, 1.165) is 24.2 Å². The fraction of sp³-hybridized carbons (Fsp3) is 0.412. The van der Waals surface area contributed by atoms with Gasteiger partial charge in [0.2, 0.25) is 0 Å². The molecule has 2 aromatic rings. The number of aromatic nitrogens is 2. The van der Waals surface area contributed by atoms with E-state index in [0.29, 0.717) is 12.1 Å². The molecule has 0 radical (unpaired) electrons. The van der Waals surface area contributed by atoms with Crippen molar-refractivity contribution in [3.63, 3.8) is 0 Å². The smallest absolute Gasteiger partial charge is 0.257 e. The highest BCUT2D eigenvalue weighted by Gasteiger charge is 2.19. The summed E-state index contributed by atoms with van der Waals surface area (Å²) in [5.74, 6) is 0.0329. The van der Waals surface area contributed by atoms with Crippen LogP contribution in [0.25, 0.3) is 0 Å². The third-order valence-electron chi connectivity index (χ3n) is 3.74. The zero-order valence-corrected chi connectivity index (χ0v) is 14.5. The minimum atomic E-state index is 0.0329. The normalized spacial score (nSPS) is 10.7. The third-order valence-corrected chi connectivity index (χ3v) is 4.48. The summed E-state index contributed by atoms with van der Waals surface area (Å²) in [6, 6.07) is 8.33. The lowest BCUT2D eigenvalue weighted by Gasteiger charge is -2.17. The van der Waals surface area contributed by atoms with Crippen molar-refractivity contribution in [2.75, 3.05) is 13.3 Å². The van der Waals surface area contributed by atoms with E-state index < -0.39 is 0 Å². The van der Waals surface area contributed by atoms with Crippen LogP contribution in [0.1, 0.15) is 35.5 Å². The zero-order valence-electron chi connectivity index (χ0n) is 13.7. The van der Waals surface area contributed by atoms with Crippen LogP contribution in [0.3, 0.4) is 0 Å². The molecule has 1 aromatic carbocycles. The van der Waals surface area contributed by atoms with Crippen molar-refractivity contribution in [2.24, 2.45) is 0 Å². The van der Waals surface area contributed by atoms with Crippen LogP contribution in [0.4, 0.5) is 0 Å². The molecule has 1 aromatic heterocycles. The van der Waals surface area contributed by atoms with Gasteiger partial charge in [-0.3, -0.25) is 9.48 Å². The zero-order chi connectivity index (χ0) is 16.1. The molecular formula is C17H23N3OS. The quantitative estimate of drug-likeness (QED) is 0.766. The molecule has 0 spiro atoms. The second-order valence-electron chi connectivity index (χ2n) is 5.18. The second kappa shape index (κ2) is 7.49. The first-order valence-electron chi connectivity index (χ1n) is 7.53. The number of benzene rings is 1. The van der Waals surface area contributed by atoms with Crippen LogP contribution in [0.15, 0.2) is 35.4 Å². The molecule has 22 heavy (non-hydrogen) atoms. The Bertz CT molecular complexity index is 634. The first kappa shape index (κ1) is 16.6. The molecule has 4 nitrogen and oxygen atoms in total. The summed E-state index contributed by atoms with van der Waals surface area (Å²) in [6.45, 7) is 5.49. The largest absolute Gasteiger partial charge is 0.337 e. The van der Waals surface area contributed by atoms with Gasteiger partial charge in [0.1, 0.15) is 0 Å². The molecule has 1 heterocycles. The van der Waals surface area contributed by atoms with Crippen LogP contribution < -0.4 is 0 Å². The number of amides is 1. The lowest BCUT2D eigenvalue weighted by atomic mass is 10.1. The Labute approximate surface area is 136 Å². The summed E-state index contributed by atoms with van der Waals surface area (Å²) in [6.07, 6.45) is 4.56. The van der Waals surface area contributed by atoms with Gasteiger partial charge in [0.25, 0.3) is 5.91 Å². The Morgan fingerprint density at radius 2 is 1.95 bits per heavy atom. The summed E-state index contributed by atoms with van der Waals surface area (Å²) < 4.78 is 1.90. The topological polar surface area (TPSA) is 38.1 Å². The van der Waals surface area contributed by atoms with Crippen LogP contribution >= 0.6 is 11.8 Å². The van der Waals surface area contributed by atoms with Gasteiger partial charge >= 0.3 is 0 Å². The maximum atomic E-state index is 12.6. The third kappa shape index (κ3) is 3.53. The molecule has 5 heteroatoms. The van der Waals surface area contributed by atoms with E-state index >= 15 is 0 Å². The number of carbonyl (C=O) groups excluding carboxylic acids is 1. The number of hydrogen-bond acceptors (Lipinski definition) is 3. The fourth-order valence-corrected chi connectivity index (χ4v) is 2.93. The van der Waals surface area contributed by atoms with Crippen molar-refractivity contribution in [3.8, 4) is 0 Å². The highest BCUT2D eigenvalue weighted by Crippen LogP contribution is 2.17. The van der Waals surface area contributed by atoms with Gasteiger partial charge in [-0.1, -0.05) is 19.1 Å². The van der Waals surface area contributed by atoms with Crippen molar-refractivity contribution in [3.05, 3.63) is 47.3 Å². The van der Waals surface area contributed by atoms with Crippen molar-refractivity contribution in [1.29, 1.82) is 0 Å². The standard InChI is InChI=1S/C17H23N3OS/c1-5-16-15(11-18-20(16)6-2)17(21)19(3)12-13-7-9-14(22-4)10-8-13/h7-11H,5-6,12H2,1-4H3. The summed E-state index contributed by atoms with van der Waals surface area (Å²) in [7, 11) is 1.84. The van der Waals surface area contributed by atoms with E-state index in [1.165, 1.54) is 4.90 Å². The molecular weight excluding hydrogens is 294 g/mol. The van der Waals surface area contributed by atoms with Gasteiger partial charge in [0, 0.05) is 25.0 Å². The summed E-state index contributed by atoms with van der Waals surface area (Å²) in [5.41, 5.74) is 2.86. The predicted octanol–water partition coefficient (Wildman–Crippen LogP) is 3.46. The average molecular weight is 317 g/mol. The molecule has 0 bridgehead atoms. The Hall–Kier alpha value is -1.75. The van der Waals surface area contributed by atoms with Crippen LogP contribution in [-0.4, -0.2) is 33.9 Å². The molecule has 0 fully saturated rings. The van der Waals surface area contributed by atoms with E-state index in [1.807, 2.05) is 18.7 Å². The summed E-state index contributed by atoms with van der Waals surface area (Å²) in [4.78, 5) is 15.6. The number of carbonyl (C=O) groups is 1. The number of rotatable bonds is 6. The maximum Gasteiger partial charge on any atom is 0.257 e. The van der Waals surface area contributed by atoms with Gasteiger partial charge in [0.15, 0.2) is 0 Å². The van der Waals surface area contributed by atoms with Crippen LogP contribution in [0, 0.1) is 0 Å². The SMILES string of the molecule is CCc1c(C(=O)N(C)Cc2ccc(SC)cc2)cnn1CC. The first-order chi connectivity index (χ1) is 10.6. The van der Waals surface area contributed by atoms with Crippen LogP contribution in [-0.2, 0) is 19.5 Å². The maximum absolute atomic E-state index is 12.6. The summed E-state index contributed by atoms with van der Waals surface area (Å²) in [5, 5.41) is 4.31. The van der Waals surface area contributed by atoms with Gasteiger partial charge in [0.05, 0.1) is 17.5 Å². The predicted molar refractivity (Wildman–Crippen MR) is 91.3 cm³/mol. The first-order valence-corrected chi connectivity index (χ1v) is 8.76. The lowest BCUT2D eigenvalue weighted by molar-refractivity contribution is 0.0784. The number of aryl methyl sites for hydroxylation is 1. The van der Waals surface area contributed by atoms with E-state index in [9.17, 15) is 4.79 Å². The van der Waals surface area contributed by atoms with Gasteiger partial charge in [-0.2, -0.15) is 5.10 Å². The fourth-order valence-electron chi connectivity index (χ4n) is 2.52. The Morgan fingerprint density at radius 1 is 1.27 bits per heavy atom. The second-order valence-corrected chi connectivity index (χ2v) is 6.06. The minimum Gasteiger partial charge on any atom is -0.337 e. The van der Waals surface area contributed by atoms with Gasteiger partial charge in [-0.25, -0.2) is 0 Å². The molecule has 0 aliphatic heterocycles. The monoisotopic (exact) mass is 317 g/mol. The van der Waals surface area contributed by atoms with Crippen molar-refractivity contribution >= 4 is 17.7 Å². The van der Waals surface area contributed by atoms with E-state index in [1.54, 1.807) is 22.9 Å². The Balaban J connectivity index is 2.13. The van der Waals surface area contributed by atoms with Crippen LogP contribution in [0.5, 0.6) is 0 Å². The number of hydrogen-bond donors (Lipinski definition) is 0. The van der Waals surface area contributed by atoms with E-state index in [2.05, 4.69) is 42.5 Å². The molecule has 0 aliphatic rings. The van der Waals surface area contributed by atoms with E-state index in [-0.39, 0.29) is 5.91 Å². The van der Waals surface area contributed by atoms with Crippen molar-refractivity contribution in [2.45, 2.75) is 38.3 Å². The highest BCUT2D eigenvalue weighted by molar-refractivity contribution is 7.98. The van der Waals surface area contributed by atoms with Gasteiger partial charge < -0.3 is 4.90 Å². The molecule has 0 saturated carbocycles. The molecule has 0 N–H and O–H groups in total. The average Bonchev–Trinajstić information content (AvgIpc) is 2.97. The Morgan fingerprint density at radius 3 is 2.50 bits per heavy atom. The molecule has 0 saturated heterocycles. The molecule has 1 amide bonds. The molecule has 0 atom stereocenters. The molecule has 0 aliphatic carbocycles. The molecule has 118 valence electrons. The van der Waals surface area contributed by atoms with Gasteiger partial charge in [-0.15, -0.1) is 11.8 Å². The van der Waals surface area contributed by atoms with E-state index in [4.69, 9.17) is 0 Å². The highest BCUT2D eigenvalue weighted by atomic mass is 32.2. The lowest BCUT2D eigenvalue weighted by Crippen LogP contribution is -2.27. The van der Waals surface area contributed by atoms with Gasteiger partial charge in [-0.05, 0) is 37.3 Å². The minimum absolute atomic E-state index is 0.0329. The van der Waals surface area contributed by atoms with Crippen molar-refractivity contribution in [1.82, 2.24) is 14.7 Å². The van der Waals surface area contributed by atoms with Crippen molar-refractivity contribution < 1.29 is 4.79 Å². The molecule has 2 rings (SSSR count).